The van der Waals surface area contributed by atoms with Gasteiger partial charge in [-0.2, -0.15) is 0 Å². The van der Waals surface area contributed by atoms with Crippen LogP contribution in [0.4, 0.5) is 0 Å². The molecule has 6 heteroatoms. The highest BCUT2D eigenvalue weighted by atomic mass is 79.9. The molecular formula is C23H18BrClO3S. The first-order valence-corrected chi connectivity index (χ1v) is 11.6. The number of aldehydes is 1. The molecule has 0 aliphatic carbocycles. The number of carbonyl (C=O) groups excluding carboxylic acids is 1. The van der Waals surface area contributed by atoms with Gasteiger partial charge in [0.1, 0.15) is 4.91 Å². The van der Waals surface area contributed by atoms with E-state index in [1.807, 2.05) is 19.1 Å². The number of aryl methyl sites for hydroxylation is 1. The van der Waals surface area contributed by atoms with Crippen molar-refractivity contribution >= 4 is 49.2 Å². The Balaban J connectivity index is 2.19. The van der Waals surface area contributed by atoms with Crippen molar-refractivity contribution in [2.24, 2.45) is 0 Å². The smallest absolute Gasteiger partial charge is 0.186 e. The van der Waals surface area contributed by atoms with E-state index in [1.54, 1.807) is 60.7 Å². The Hall–Kier alpha value is -2.21. The Labute approximate surface area is 184 Å². The van der Waals surface area contributed by atoms with Crippen LogP contribution in [0.25, 0.3) is 5.57 Å². The summed E-state index contributed by atoms with van der Waals surface area (Å²) in [6, 6.07) is 21.2. The molecule has 0 bridgehead atoms. The van der Waals surface area contributed by atoms with E-state index in [2.05, 4.69) is 15.9 Å². The highest BCUT2D eigenvalue weighted by Crippen LogP contribution is 2.32. The Morgan fingerprint density at radius 1 is 0.897 bits per heavy atom. The van der Waals surface area contributed by atoms with Gasteiger partial charge in [-0.1, -0.05) is 81.6 Å². The fourth-order valence-corrected chi connectivity index (χ4v) is 4.82. The van der Waals surface area contributed by atoms with Gasteiger partial charge in [-0.3, -0.25) is 4.79 Å². The lowest BCUT2D eigenvalue weighted by Crippen LogP contribution is -2.12. The zero-order chi connectivity index (χ0) is 21.0. The Morgan fingerprint density at radius 3 is 1.93 bits per heavy atom. The summed E-state index contributed by atoms with van der Waals surface area (Å²) in [5.74, 6) is -0.255. The first kappa shape index (κ1) is 21.5. The number of benzene rings is 3. The summed E-state index contributed by atoms with van der Waals surface area (Å²) in [7, 11) is -3.89. The average molecular weight is 490 g/mol. The fraction of sp³-hybridized carbons (Fsp3) is 0.0870. The number of allylic oxidation sites excluding steroid dienone is 1. The third kappa shape index (κ3) is 5.24. The van der Waals surface area contributed by atoms with Gasteiger partial charge < -0.3 is 0 Å². The molecule has 148 valence electrons. The van der Waals surface area contributed by atoms with Crippen molar-refractivity contribution in [3.05, 3.63) is 109 Å². The minimum Gasteiger partial charge on any atom is -0.297 e. The molecule has 0 saturated heterocycles. The number of halogens is 2. The van der Waals surface area contributed by atoms with Gasteiger partial charge in [0.2, 0.25) is 0 Å². The van der Waals surface area contributed by atoms with Crippen LogP contribution < -0.4 is 0 Å². The van der Waals surface area contributed by atoms with Crippen molar-refractivity contribution in [3.63, 3.8) is 0 Å². The maximum atomic E-state index is 13.2. The Bertz CT molecular complexity index is 1100. The molecule has 0 heterocycles. The minimum absolute atomic E-state index is 0.247. The van der Waals surface area contributed by atoms with E-state index in [-0.39, 0.29) is 10.7 Å². The maximum absolute atomic E-state index is 13.2. The summed E-state index contributed by atoms with van der Waals surface area (Å²) in [5.41, 5.74) is 3.25. The monoisotopic (exact) mass is 488 g/mol. The molecular weight excluding hydrogens is 472 g/mol. The van der Waals surface area contributed by atoms with Crippen LogP contribution in [0.1, 0.15) is 22.3 Å². The van der Waals surface area contributed by atoms with Crippen molar-refractivity contribution in [1.82, 2.24) is 0 Å². The van der Waals surface area contributed by atoms with E-state index in [4.69, 9.17) is 11.6 Å². The lowest BCUT2D eigenvalue weighted by molar-refractivity contribution is -0.104. The van der Waals surface area contributed by atoms with Crippen LogP contribution in [0.3, 0.4) is 0 Å². The molecule has 0 saturated carbocycles. The molecule has 29 heavy (non-hydrogen) atoms. The summed E-state index contributed by atoms with van der Waals surface area (Å²) < 4.78 is 27.3. The van der Waals surface area contributed by atoms with Gasteiger partial charge in [-0.25, -0.2) is 8.42 Å². The molecule has 3 nitrogen and oxygen atoms in total. The van der Waals surface area contributed by atoms with Crippen LogP contribution >= 0.6 is 27.5 Å². The van der Waals surface area contributed by atoms with Crippen molar-refractivity contribution in [3.8, 4) is 0 Å². The molecule has 0 atom stereocenters. The van der Waals surface area contributed by atoms with Crippen LogP contribution in [0.2, 0.25) is 5.02 Å². The second-order valence-electron chi connectivity index (χ2n) is 6.62. The van der Waals surface area contributed by atoms with Crippen LogP contribution in [0.5, 0.6) is 0 Å². The lowest BCUT2D eigenvalue weighted by atomic mass is 9.98. The second-order valence-corrected chi connectivity index (χ2v) is 9.93. The summed E-state index contributed by atoms with van der Waals surface area (Å²) in [4.78, 5) is 11.8. The molecule has 0 aliphatic rings. The molecule has 0 spiro atoms. The number of hydrogen-bond acceptors (Lipinski definition) is 3. The third-order valence-corrected chi connectivity index (χ3v) is 6.90. The lowest BCUT2D eigenvalue weighted by Gasteiger charge is -2.14. The van der Waals surface area contributed by atoms with E-state index >= 15 is 0 Å². The normalized spacial score (nSPS) is 12.4. The molecule has 0 amide bonds. The van der Waals surface area contributed by atoms with Gasteiger partial charge in [0.15, 0.2) is 16.1 Å². The predicted molar refractivity (Wildman–Crippen MR) is 121 cm³/mol. The molecule has 0 fully saturated rings. The molecule has 0 aromatic heterocycles. The SMILES string of the molecule is Cc1ccc(CS(=O)(=O)/C(C=O)=C(/c2ccc(Cl)cc2)c2ccc(Br)cc2)cc1. The van der Waals surface area contributed by atoms with Gasteiger partial charge in [0.05, 0.1) is 5.75 Å². The largest absolute Gasteiger partial charge is 0.297 e. The van der Waals surface area contributed by atoms with Gasteiger partial charge >= 0.3 is 0 Å². The first-order chi connectivity index (χ1) is 13.8. The number of rotatable bonds is 6. The highest BCUT2D eigenvalue weighted by molar-refractivity contribution is 9.10. The van der Waals surface area contributed by atoms with E-state index in [9.17, 15) is 13.2 Å². The second kappa shape index (κ2) is 9.08. The zero-order valence-electron chi connectivity index (χ0n) is 15.6. The van der Waals surface area contributed by atoms with Crippen LogP contribution in [0, 0.1) is 6.92 Å². The Morgan fingerprint density at radius 2 is 1.41 bits per heavy atom. The van der Waals surface area contributed by atoms with Crippen molar-refractivity contribution in [2.45, 2.75) is 12.7 Å². The van der Waals surface area contributed by atoms with Crippen LogP contribution in [-0.4, -0.2) is 14.7 Å². The van der Waals surface area contributed by atoms with Crippen LogP contribution in [0.15, 0.2) is 82.2 Å². The highest BCUT2D eigenvalue weighted by Gasteiger charge is 2.24. The van der Waals surface area contributed by atoms with Crippen molar-refractivity contribution in [2.75, 3.05) is 0 Å². The van der Waals surface area contributed by atoms with Gasteiger partial charge in [-0.05, 0) is 47.9 Å². The van der Waals surface area contributed by atoms with Crippen molar-refractivity contribution < 1.29 is 13.2 Å². The molecule has 0 unspecified atom stereocenters. The number of sulfone groups is 1. The maximum Gasteiger partial charge on any atom is 0.186 e. The summed E-state index contributed by atoms with van der Waals surface area (Å²) in [6.45, 7) is 1.93. The van der Waals surface area contributed by atoms with Crippen molar-refractivity contribution in [1.29, 1.82) is 0 Å². The first-order valence-electron chi connectivity index (χ1n) is 8.80. The number of carbonyl (C=O) groups is 1. The average Bonchev–Trinajstić information content (AvgIpc) is 2.69. The summed E-state index contributed by atoms with van der Waals surface area (Å²) in [6.07, 6.45) is 0.426. The minimum atomic E-state index is -3.89. The van der Waals surface area contributed by atoms with Gasteiger partial charge in [-0.15, -0.1) is 0 Å². The summed E-state index contributed by atoms with van der Waals surface area (Å²) >= 11 is 9.38. The fourth-order valence-electron chi connectivity index (χ4n) is 2.95. The molecule has 0 N–H and O–H groups in total. The van der Waals surface area contributed by atoms with E-state index in [0.29, 0.717) is 33.6 Å². The topological polar surface area (TPSA) is 51.2 Å². The Kier molecular flexibility index (Phi) is 6.73. The zero-order valence-corrected chi connectivity index (χ0v) is 18.8. The predicted octanol–water partition coefficient (Wildman–Crippen LogP) is 5.98. The van der Waals surface area contributed by atoms with Crippen LogP contribution in [-0.2, 0) is 20.4 Å². The van der Waals surface area contributed by atoms with E-state index in [1.165, 1.54) is 0 Å². The molecule has 0 aliphatic heterocycles. The molecule has 0 radical (unpaired) electrons. The molecule has 3 rings (SSSR count). The molecule has 3 aromatic carbocycles. The quantitative estimate of drug-likeness (QED) is 0.316. The van der Waals surface area contributed by atoms with Gasteiger partial charge in [0, 0.05) is 15.1 Å². The van der Waals surface area contributed by atoms with E-state index in [0.717, 1.165) is 10.0 Å². The van der Waals surface area contributed by atoms with E-state index < -0.39 is 9.84 Å². The van der Waals surface area contributed by atoms with Gasteiger partial charge in [0.25, 0.3) is 0 Å². The summed E-state index contributed by atoms with van der Waals surface area (Å²) in [5, 5.41) is 0.527. The standard InChI is InChI=1S/C23H18BrClO3S/c1-16-2-4-17(5-3-16)15-29(27,28)22(14-26)23(18-6-10-20(24)11-7-18)19-8-12-21(25)13-9-19/h2-14H,15H2,1H3/b23-22+. The molecule has 3 aromatic rings. The third-order valence-electron chi connectivity index (χ3n) is 4.43. The number of hydrogen-bond donors (Lipinski definition) is 0.